The number of thioether (sulfide) groups is 1. The number of carbonyl (C=O) groups is 3. The molecule has 8 nitrogen and oxygen atoms in total. The van der Waals surface area contributed by atoms with Gasteiger partial charge in [-0.25, -0.2) is 0 Å². The number of anilines is 1. The van der Waals surface area contributed by atoms with Crippen molar-refractivity contribution < 1.29 is 29.3 Å². The highest BCUT2D eigenvalue weighted by molar-refractivity contribution is 8.00. The van der Waals surface area contributed by atoms with Crippen molar-refractivity contribution in [1.29, 1.82) is 0 Å². The van der Waals surface area contributed by atoms with Crippen LogP contribution in [0.3, 0.4) is 0 Å². The van der Waals surface area contributed by atoms with Crippen molar-refractivity contribution in [2.24, 2.45) is 5.41 Å². The number of carboxylic acids is 1. The van der Waals surface area contributed by atoms with E-state index in [9.17, 15) is 24.6 Å². The van der Waals surface area contributed by atoms with Crippen LogP contribution in [0.2, 0.25) is 0 Å². The second-order valence-corrected chi connectivity index (χ2v) is 8.90. The van der Waals surface area contributed by atoms with Crippen molar-refractivity contribution in [3.63, 3.8) is 0 Å². The molecule has 0 radical (unpaired) electrons. The van der Waals surface area contributed by atoms with Crippen LogP contribution in [-0.4, -0.2) is 75.9 Å². The fourth-order valence-electron chi connectivity index (χ4n) is 3.34. The molecular formula is C19H28N2O6S2. The van der Waals surface area contributed by atoms with Crippen molar-refractivity contribution in [2.45, 2.75) is 45.2 Å². The SMILES string of the molecule is CC(=O)N(c1cccs1)C1C(=O)N2CC(C(=O)O)(C(C)O)CS[C@H]12.CCOCC. The molecule has 10 heteroatoms. The lowest BCUT2D eigenvalue weighted by atomic mass is 9.82. The summed E-state index contributed by atoms with van der Waals surface area (Å²) >= 11 is 2.69. The fraction of sp³-hybridized carbons (Fsp3) is 0.632. The number of hydrogen-bond donors (Lipinski definition) is 2. The van der Waals surface area contributed by atoms with Gasteiger partial charge in [-0.15, -0.1) is 23.1 Å². The van der Waals surface area contributed by atoms with Gasteiger partial charge < -0.3 is 19.8 Å². The van der Waals surface area contributed by atoms with Gasteiger partial charge in [-0.1, -0.05) is 0 Å². The zero-order valence-electron chi connectivity index (χ0n) is 17.0. The molecule has 3 rings (SSSR count). The van der Waals surface area contributed by atoms with Gasteiger partial charge in [-0.05, 0) is 38.3 Å². The number of β-lactam (4-membered cyclic amide) rings is 1. The Bertz CT molecular complexity index is 724. The number of thiophene rings is 1. The summed E-state index contributed by atoms with van der Waals surface area (Å²) in [6.45, 7) is 8.48. The van der Waals surface area contributed by atoms with Crippen molar-refractivity contribution in [1.82, 2.24) is 4.90 Å². The molecule has 0 bridgehead atoms. The van der Waals surface area contributed by atoms with E-state index in [2.05, 4.69) is 0 Å². The first-order chi connectivity index (χ1) is 13.7. The number of aliphatic hydroxyl groups is 1. The van der Waals surface area contributed by atoms with Crippen LogP contribution in [0.5, 0.6) is 0 Å². The monoisotopic (exact) mass is 444 g/mol. The molecule has 2 fully saturated rings. The summed E-state index contributed by atoms with van der Waals surface area (Å²) < 4.78 is 4.83. The standard InChI is InChI=1S/C15H18N2O5S2.C4H10O/c1-8(18)15(14(21)22)6-16-12(20)11(13(16)24-7-15)17(9(2)19)10-4-3-5-23-10;1-3-5-4-2/h3-5,8,11,13,18H,6-7H2,1-2H3,(H,21,22);3-4H2,1-2H3/t8?,11?,13-,15?;/m1./s1. The number of fused-ring (bicyclic) bond motifs is 1. The maximum Gasteiger partial charge on any atom is 0.314 e. The van der Waals surface area contributed by atoms with Crippen LogP contribution in [0, 0.1) is 5.41 Å². The fourth-order valence-corrected chi connectivity index (χ4v) is 5.85. The van der Waals surface area contributed by atoms with Gasteiger partial charge >= 0.3 is 5.97 Å². The molecule has 3 heterocycles. The van der Waals surface area contributed by atoms with E-state index in [1.807, 2.05) is 25.3 Å². The minimum absolute atomic E-state index is 0.0385. The summed E-state index contributed by atoms with van der Waals surface area (Å²) in [4.78, 5) is 39.3. The van der Waals surface area contributed by atoms with Crippen LogP contribution in [0.15, 0.2) is 17.5 Å². The van der Waals surface area contributed by atoms with Crippen molar-refractivity contribution in [3.05, 3.63) is 17.5 Å². The van der Waals surface area contributed by atoms with E-state index in [0.29, 0.717) is 5.00 Å². The van der Waals surface area contributed by atoms with E-state index in [1.165, 1.54) is 46.7 Å². The average Bonchev–Trinajstić information content (AvgIpc) is 3.19. The van der Waals surface area contributed by atoms with Gasteiger partial charge in [-0.2, -0.15) is 0 Å². The first-order valence-electron chi connectivity index (χ1n) is 9.45. The van der Waals surface area contributed by atoms with Crippen LogP contribution in [0.25, 0.3) is 0 Å². The van der Waals surface area contributed by atoms with Gasteiger partial charge in [0.1, 0.15) is 16.8 Å². The number of rotatable bonds is 6. The summed E-state index contributed by atoms with van der Waals surface area (Å²) in [7, 11) is 0. The van der Waals surface area contributed by atoms with E-state index in [0.717, 1.165) is 13.2 Å². The molecule has 2 saturated heterocycles. The lowest BCUT2D eigenvalue weighted by Crippen LogP contribution is -2.75. The maximum atomic E-state index is 12.6. The smallest absolute Gasteiger partial charge is 0.314 e. The second kappa shape index (κ2) is 9.92. The lowest BCUT2D eigenvalue weighted by molar-refractivity contribution is -0.163. The van der Waals surface area contributed by atoms with Gasteiger partial charge in [0.25, 0.3) is 0 Å². The third kappa shape index (κ3) is 4.60. The first-order valence-corrected chi connectivity index (χ1v) is 11.4. The first kappa shape index (κ1) is 23.7. The Kier molecular flexibility index (Phi) is 8.10. The van der Waals surface area contributed by atoms with Crippen molar-refractivity contribution in [3.8, 4) is 0 Å². The zero-order chi connectivity index (χ0) is 21.8. The molecule has 2 N–H and O–H groups in total. The van der Waals surface area contributed by atoms with Crippen LogP contribution >= 0.6 is 23.1 Å². The summed E-state index contributed by atoms with van der Waals surface area (Å²) in [5.74, 6) is -1.41. The summed E-state index contributed by atoms with van der Waals surface area (Å²) in [6, 6.07) is 2.98. The number of aliphatic hydroxyl groups excluding tert-OH is 1. The van der Waals surface area contributed by atoms with Crippen molar-refractivity contribution in [2.75, 3.05) is 30.4 Å². The van der Waals surface area contributed by atoms with Crippen LogP contribution in [0.4, 0.5) is 5.00 Å². The third-order valence-electron chi connectivity index (χ3n) is 5.07. The summed E-state index contributed by atoms with van der Waals surface area (Å²) in [5, 5.41) is 21.7. The number of hydrogen-bond acceptors (Lipinski definition) is 7. The normalized spacial score (nSPS) is 26.5. The Labute approximate surface area is 178 Å². The summed E-state index contributed by atoms with van der Waals surface area (Å²) in [5.41, 5.74) is -1.37. The molecule has 3 unspecified atom stereocenters. The maximum absolute atomic E-state index is 12.6. The Morgan fingerprint density at radius 1 is 1.41 bits per heavy atom. The van der Waals surface area contributed by atoms with Gasteiger partial charge in [0.05, 0.1) is 11.1 Å². The van der Waals surface area contributed by atoms with Gasteiger partial charge in [0.2, 0.25) is 11.8 Å². The topological polar surface area (TPSA) is 107 Å². The molecule has 0 aromatic carbocycles. The van der Waals surface area contributed by atoms with E-state index in [4.69, 9.17) is 4.74 Å². The van der Waals surface area contributed by atoms with E-state index in [1.54, 1.807) is 6.07 Å². The zero-order valence-corrected chi connectivity index (χ0v) is 18.7. The molecule has 2 aliphatic rings. The van der Waals surface area contributed by atoms with Gasteiger partial charge in [0.15, 0.2) is 0 Å². The Hall–Kier alpha value is -1.62. The molecule has 4 atom stereocenters. The van der Waals surface area contributed by atoms with Crippen LogP contribution in [-0.2, 0) is 19.1 Å². The van der Waals surface area contributed by atoms with Crippen molar-refractivity contribution >= 4 is 45.9 Å². The number of nitrogens with zero attached hydrogens (tertiary/aromatic N) is 2. The number of aliphatic carboxylic acids is 1. The quantitative estimate of drug-likeness (QED) is 0.645. The Morgan fingerprint density at radius 3 is 2.48 bits per heavy atom. The minimum atomic E-state index is -1.37. The molecule has 0 aliphatic carbocycles. The van der Waals surface area contributed by atoms with Gasteiger partial charge in [-0.3, -0.25) is 19.3 Å². The highest BCUT2D eigenvalue weighted by Gasteiger charge is 2.60. The number of carboxylic acid groups (broad SMARTS) is 1. The molecule has 2 aliphatic heterocycles. The van der Waals surface area contributed by atoms with E-state index in [-0.39, 0.29) is 29.5 Å². The molecule has 29 heavy (non-hydrogen) atoms. The third-order valence-corrected chi connectivity index (χ3v) is 7.48. The van der Waals surface area contributed by atoms with Crippen LogP contribution in [0.1, 0.15) is 27.7 Å². The molecule has 1 aromatic rings. The van der Waals surface area contributed by atoms with E-state index >= 15 is 0 Å². The molecule has 0 saturated carbocycles. The highest BCUT2D eigenvalue weighted by atomic mass is 32.2. The predicted octanol–water partition coefficient (Wildman–Crippen LogP) is 1.88. The average molecular weight is 445 g/mol. The van der Waals surface area contributed by atoms with Gasteiger partial charge in [0, 0.05) is 32.4 Å². The molecule has 2 amide bonds. The minimum Gasteiger partial charge on any atom is -0.481 e. The highest BCUT2D eigenvalue weighted by Crippen LogP contribution is 2.46. The molecule has 1 aromatic heterocycles. The molecule has 162 valence electrons. The van der Waals surface area contributed by atoms with Crippen LogP contribution < -0.4 is 4.90 Å². The van der Waals surface area contributed by atoms with E-state index < -0.39 is 23.5 Å². The second-order valence-electron chi connectivity index (χ2n) is 6.87. The molecular weight excluding hydrogens is 416 g/mol. The Morgan fingerprint density at radius 2 is 2.07 bits per heavy atom. The molecule has 0 spiro atoms. The number of carbonyl (C=O) groups excluding carboxylic acids is 2. The predicted molar refractivity (Wildman–Crippen MR) is 113 cm³/mol. The number of ether oxygens (including phenoxy) is 1. The number of amides is 2. The lowest BCUT2D eigenvalue weighted by Gasteiger charge is -2.56. The largest absolute Gasteiger partial charge is 0.481 e. The summed E-state index contributed by atoms with van der Waals surface area (Å²) in [6.07, 6.45) is -1.07. The Balaban J connectivity index is 0.000000537.